The van der Waals surface area contributed by atoms with Crippen LogP contribution in [0.3, 0.4) is 0 Å². The highest BCUT2D eigenvalue weighted by atomic mass is 31.2. The van der Waals surface area contributed by atoms with E-state index in [1.807, 2.05) is 60.7 Å². The molecule has 0 fully saturated rings. The lowest BCUT2D eigenvalue weighted by molar-refractivity contribution is 0.593. The van der Waals surface area contributed by atoms with Gasteiger partial charge in [-0.25, -0.2) is 4.39 Å². The first kappa shape index (κ1) is 15.5. The molecule has 3 aromatic rings. The van der Waals surface area contributed by atoms with E-state index in [0.29, 0.717) is 10.9 Å². The number of halogens is 1. The molecule has 0 spiro atoms. The third-order valence-electron chi connectivity index (χ3n) is 3.80. The van der Waals surface area contributed by atoms with Crippen LogP contribution in [0.1, 0.15) is 5.56 Å². The van der Waals surface area contributed by atoms with Gasteiger partial charge in [-0.3, -0.25) is 0 Å². The average Bonchev–Trinajstić information content (AvgIpc) is 2.62. The highest BCUT2D eigenvalue weighted by molar-refractivity contribution is 7.87. The lowest BCUT2D eigenvalue weighted by Gasteiger charge is -2.22. The van der Waals surface area contributed by atoms with Gasteiger partial charge in [-0.05, 0) is 17.7 Å². The van der Waals surface area contributed by atoms with Crippen molar-refractivity contribution in [3.63, 3.8) is 0 Å². The summed E-state index contributed by atoms with van der Waals surface area (Å²) in [6.07, 6.45) is 0. The molecule has 0 aliphatic rings. The Morgan fingerprint density at radius 1 is 0.739 bits per heavy atom. The molecule has 0 N–H and O–H groups in total. The third-order valence-corrected chi connectivity index (χ3v) is 6.87. The first-order valence-corrected chi connectivity index (χ1v) is 9.00. The van der Waals surface area contributed by atoms with E-state index in [9.17, 15) is 8.96 Å². The number of hydrogen-bond donors (Lipinski definition) is 0. The zero-order valence-corrected chi connectivity index (χ0v) is 13.4. The molecular formula is C20H16FOP. The molecule has 23 heavy (non-hydrogen) atoms. The summed E-state index contributed by atoms with van der Waals surface area (Å²) in [4.78, 5) is 0. The molecule has 0 unspecified atom stereocenters. The van der Waals surface area contributed by atoms with Gasteiger partial charge in [0.15, 0.2) is 7.14 Å². The summed E-state index contributed by atoms with van der Waals surface area (Å²) >= 11 is 0. The summed E-state index contributed by atoms with van der Waals surface area (Å²) in [5.74, 6) is -0.323. The second kappa shape index (κ2) is 6.36. The maximum absolute atomic E-state index is 14.0. The second-order valence-corrected chi connectivity index (χ2v) is 8.03. The molecular weight excluding hydrogens is 306 g/mol. The van der Waals surface area contributed by atoms with E-state index in [-0.39, 0.29) is 5.82 Å². The summed E-state index contributed by atoms with van der Waals surface area (Å²) in [5, 5.41) is 1.95. The standard InChI is InChI=1S/C20H16FOP/c1-16(17-12-14-18(21)15-13-17)23(22,19-8-4-2-5-9-19)20-10-6-3-7-11-20/h2-15H,1H2. The minimum Gasteiger partial charge on any atom is -0.309 e. The second-order valence-electron chi connectivity index (χ2n) is 5.23. The van der Waals surface area contributed by atoms with Gasteiger partial charge in [0.05, 0.1) is 0 Å². The van der Waals surface area contributed by atoms with Crippen LogP contribution in [-0.2, 0) is 4.57 Å². The molecule has 3 aromatic carbocycles. The van der Waals surface area contributed by atoms with Gasteiger partial charge in [0.1, 0.15) is 5.82 Å². The number of rotatable bonds is 4. The molecule has 0 amide bonds. The monoisotopic (exact) mass is 322 g/mol. The fourth-order valence-electron chi connectivity index (χ4n) is 2.56. The van der Waals surface area contributed by atoms with Crippen molar-refractivity contribution in [2.75, 3.05) is 0 Å². The maximum atomic E-state index is 14.0. The van der Waals surface area contributed by atoms with Crippen LogP contribution in [0.2, 0.25) is 0 Å². The molecule has 0 aromatic heterocycles. The fourth-order valence-corrected chi connectivity index (χ4v) is 5.18. The van der Waals surface area contributed by atoms with Gasteiger partial charge < -0.3 is 4.57 Å². The topological polar surface area (TPSA) is 17.1 Å². The van der Waals surface area contributed by atoms with Gasteiger partial charge in [0, 0.05) is 15.9 Å². The van der Waals surface area contributed by atoms with Crippen LogP contribution in [0.15, 0.2) is 91.5 Å². The minimum atomic E-state index is -3.07. The highest BCUT2D eigenvalue weighted by Crippen LogP contribution is 2.55. The Hall–Kier alpha value is -2.44. The zero-order valence-electron chi connectivity index (χ0n) is 12.5. The molecule has 0 aliphatic heterocycles. The SMILES string of the molecule is C=C(c1ccc(F)cc1)P(=O)(c1ccccc1)c1ccccc1. The molecule has 0 atom stereocenters. The lowest BCUT2D eigenvalue weighted by atomic mass is 10.2. The van der Waals surface area contributed by atoms with E-state index < -0.39 is 7.14 Å². The van der Waals surface area contributed by atoms with Crippen LogP contribution < -0.4 is 10.6 Å². The Bertz CT molecular complexity index is 812. The molecule has 0 bridgehead atoms. The first-order valence-electron chi connectivity index (χ1n) is 7.29. The van der Waals surface area contributed by atoms with Crippen LogP contribution in [0.5, 0.6) is 0 Å². The average molecular weight is 322 g/mol. The lowest BCUT2D eigenvalue weighted by Crippen LogP contribution is -2.16. The van der Waals surface area contributed by atoms with E-state index in [4.69, 9.17) is 0 Å². The normalized spacial score (nSPS) is 11.2. The molecule has 0 saturated heterocycles. The molecule has 0 heterocycles. The Morgan fingerprint density at radius 3 is 1.61 bits per heavy atom. The van der Waals surface area contributed by atoms with Gasteiger partial charge in [-0.1, -0.05) is 79.4 Å². The van der Waals surface area contributed by atoms with Gasteiger partial charge in [0.2, 0.25) is 0 Å². The Labute approximate surface area is 135 Å². The van der Waals surface area contributed by atoms with Crippen molar-refractivity contribution in [3.05, 3.63) is 103 Å². The van der Waals surface area contributed by atoms with Crippen molar-refractivity contribution in [1.82, 2.24) is 0 Å². The van der Waals surface area contributed by atoms with E-state index in [0.717, 1.165) is 10.6 Å². The van der Waals surface area contributed by atoms with Crippen molar-refractivity contribution in [2.24, 2.45) is 0 Å². The van der Waals surface area contributed by atoms with Crippen LogP contribution in [-0.4, -0.2) is 0 Å². The van der Waals surface area contributed by atoms with Gasteiger partial charge in [-0.15, -0.1) is 0 Å². The largest absolute Gasteiger partial charge is 0.309 e. The first-order chi connectivity index (χ1) is 11.1. The Balaban J connectivity index is 2.19. The van der Waals surface area contributed by atoms with Crippen LogP contribution in [0.25, 0.3) is 5.31 Å². The van der Waals surface area contributed by atoms with Crippen molar-refractivity contribution >= 4 is 23.1 Å². The smallest absolute Gasteiger partial charge is 0.171 e. The van der Waals surface area contributed by atoms with Crippen molar-refractivity contribution in [2.45, 2.75) is 0 Å². The summed E-state index contributed by atoms with van der Waals surface area (Å²) in [7, 11) is -3.07. The minimum absolute atomic E-state index is 0.323. The molecule has 3 heteroatoms. The van der Waals surface area contributed by atoms with Crippen molar-refractivity contribution < 1.29 is 8.96 Å². The number of hydrogen-bond acceptors (Lipinski definition) is 1. The van der Waals surface area contributed by atoms with Gasteiger partial charge >= 0.3 is 0 Å². The van der Waals surface area contributed by atoms with E-state index in [1.54, 1.807) is 12.1 Å². The molecule has 1 nitrogen and oxygen atoms in total. The van der Waals surface area contributed by atoms with E-state index in [2.05, 4.69) is 6.58 Å². The summed E-state index contributed by atoms with van der Waals surface area (Å²) in [5.41, 5.74) is 0.683. The van der Waals surface area contributed by atoms with Gasteiger partial charge in [0.25, 0.3) is 0 Å². The fraction of sp³-hybridized carbons (Fsp3) is 0. The molecule has 114 valence electrons. The predicted octanol–water partition coefficient (Wildman–Crippen LogP) is 4.81. The summed E-state index contributed by atoms with van der Waals surface area (Å²) < 4.78 is 27.2. The van der Waals surface area contributed by atoms with Crippen LogP contribution in [0, 0.1) is 5.82 Å². The zero-order chi connectivity index (χ0) is 16.3. The van der Waals surface area contributed by atoms with Gasteiger partial charge in [-0.2, -0.15) is 0 Å². The van der Waals surface area contributed by atoms with Crippen LogP contribution >= 0.6 is 7.14 Å². The summed E-state index contributed by atoms with van der Waals surface area (Å²) in [6.45, 7) is 4.09. The van der Waals surface area contributed by atoms with Crippen molar-refractivity contribution in [1.29, 1.82) is 0 Å². The van der Waals surface area contributed by atoms with Crippen molar-refractivity contribution in [3.8, 4) is 0 Å². The molecule has 0 radical (unpaired) electrons. The maximum Gasteiger partial charge on any atom is 0.171 e. The predicted molar refractivity (Wildman–Crippen MR) is 95.2 cm³/mol. The molecule has 0 aliphatic carbocycles. The molecule has 3 rings (SSSR count). The Kier molecular flexibility index (Phi) is 4.27. The van der Waals surface area contributed by atoms with E-state index >= 15 is 0 Å². The van der Waals surface area contributed by atoms with Crippen LogP contribution in [0.4, 0.5) is 4.39 Å². The van der Waals surface area contributed by atoms with E-state index in [1.165, 1.54) is 12.1 Å². The Morgan fingerprint density at radius 2 is 1.17 bits per heavy atom. The molecule has 0 saturated carbocycles. The number of benzene rings is 3. The quantitative estimate of drug-likeness (QED) is 0.630. The third kappa shape index (κ3) is 2.91. The highest BCUT2D eigenvalue weighted by Gasteiger charge is 2.31. The summed E-state index contributed by atoms with van der Waals surface area (Å²) in [6, 6.07) is 24.6.